The van der Waals surface area contributed by atoms with E-state index < -0.39 is 11.0 Å². The van der Waals surface area contributed by atoms with Crippen LogP contribution in [0.25, 0.3) is 0 Å². The van der Waals surface area contributed by atoms with E-state index in [0.717, 1.165) is 12.8 Å². The van der Waals surface area contributed by atoms with E-state index in [1.165, 1.54) is 0 Å². The molecule has 1 fully saturated rings. The molecule has 0 saturated carbocycles. The van der Waals surface area contributed by atoms with E-state index in [-0.39, 0.29) is 5.97 Å². The molecule has 1 rings (SSSR count). The minimum absolute atomic E-state index is 0.225. The lowest BCUT2D eigenvalue weighted by Gasteiger charge is -2.35. The van der Waals surface area contributed by atoms with Crippen molar-refractivity contribution in [3.8, 4) is 0 Å². The predicted molar refractivity (Wildman–Crippen MR) is 57.4 cm³/mol. The molecule has 0 aliphatic carbocycles. The molecule has 0 amide bonds. The van der Waals surface area contributed by atoms with Gasteiger partial charge in [-0.3, -0.25) is 4.79 Å². The van der Waals surface area contributed by atoms with E-state index in [0.29, 0.717) is 19.8 Å². The summed E-state index contributed by atoms with van der Waals surface area (Å²) in [6.45, 7) is 6.97. The van der Waals surface area contributed by atoms with E-state index in [9.17, 15) is 4.79 Å². The summed E-state index contributed by atoms with van der Waals surface area (Å²) in [5, 5.41) is 0. The molecule has 1 saturated heterocycles. The monoisotopic (exact) mass is 215 g/mol. The van der Waals surface area contributed by atoms with Gasteiger partial charge >= 0.3 is 5.97 Å². The fourth-order valence-corrected chi connectivity index (χ4v) is 1.64. The first kappa shape index (κ1) is 12.5. The van der Waals surface area contributed by atoms with Crippen molar-refractivity contribution in [1.29, 1.82) is 0 Å². The molecule has 0 spiro atoms. The Hall–Kier alpha value is -0.610. The lowest BCUT2D eigenvalue weighted by Crippen LogP contribution is -2.48. The second-order valence-electron chi connectivity index (χ2n) is 5.14. The second-order valence-corrected chi connectivity index (χ2v) is 5.14. The number of rotatable bonds is 2. The van der Waals surface area contributed by atoms with Gasteiger partial charge in [0.05, 0.1) is 6.61 Å². The van der Waals surface area contributed by atoms with Crippen LogP contribution in [0.1, 0.15) is 33.6 Å². The summed E-state index contributed by atoms with van der Waals surface area (Å²) in [7, 11) is 0. The number of esters is 1. The number of carbonyl (C=O) groups is 1. The Labute approximate surface area is 91.1 Å². The maximum absolute atomic E-state index is 12.0. The lowest BCUT2D eigenvalue weighted by molar-refractivity contribution is -0.174. The van der Waals surface area contributed by atoms with E-state index in [1.54, 1.807) is 0 Å². The number of nitrogens with two attached hydrogens (primary N) is 1. The molecule has 2 N–H and O–H groups in total. The molecule has 1 atom stereocenters. The van der Waals surface area contributed by atoms with Crippen LogP contribution in [-0.4, -0.2) is 31.3 Å². The van der Waals surface area contributed by atoms with Crippen LogP contribution >= 0.6 is 0 Å². The second kappa shape index (κ2) is 4.49. The maximum atomic E-state index is 12.0. The third-order valence-corrected chi connectivity index (χ3v) is 2.54. The minimum atomic E-state index is -0.620. The molecular formula is C11H21NO3. The van der Waals surface area contributed by atoms with Crippen molar-refractivity contribution >= 4 is 5.97 Å². The molecule has 15 heavy (non-hydrogen) atoms. The third-order valence-electron chi connectivity index (χ3n) is 2.54. The molecule has 1 heterocycles. The zero-order valence-corrected chi connectivity index (χ0v) is 9.84. The molecule has 4 heteroatoms. The molecule has 1 aliphatic rings. The number of ether oxygens (including phenoxy) is 2. The Balaban J connectivity index is 2.68. The van der Waals surface area contributed by atoms with Crippen molar-refractivity contribution in [2.24, 2.45) is 11.1 Å². The Bertz CT molecular complexity index is 226. The van der Waals surface area contributed by atoms with Gasteiger partial charge < -0.3 is 15.2 Å². The summed E-state index contributed by atoms with van der Waals surface area (Å²) in [6.07, 6.45) is 1.63. The first-order valence-electron chi connectivity index (χ1n) is 5.41. The smallest absolute Gasteiger partial charge is 0.316 e. The van der Waals surface area contributed by atoms with Crippen LogP contribution in [0.4, 0.5) is 0 Å². The largest absolute Gasteiger partial charge is 0.459 e. The Kier molecular flexibility index (Phi) is 3.73. The Morgan fingerprint density at radius 2 is 2.20 bits per heavy atom. The van der Waals surface area contributed by atoms with Crippen molar-refractivity contribution in [1.82, 2.24) is 0 Å². The van der Waals surface area contributed by atoms with E-state index in [4.69, 9.17) is 15.2 Å². The number of hydrogen-bond acceptors (Lipinski definition) is 4. The molecule has 1 unspecified atom stereocenters. The normalized spacial score (nSPS) is 27.5. The van der Waals surface area contributed by atoms with Crippen LogP contribution in [-0.2, 0) is 14.3 Å². The molecule has 4 nitrogen and oxygen atoms in total. The van der Waals surface area contributed by atoms with E-state index >= 15 is 0 Å². The van der Waals surface area contributed by atoms with Gasteiger partial charge in [0.25, 0.3) is 0 Å². The topological polar surface area (TPSA) is 61.5 Å². The molecule has 0 aromatic carbocycles. The van der Waals surface area contributed by atoms with Gasteiger partial charge in [-0.2, -0.15) is 0 Å². The SMILES string of the molecule is CC(C)(C)OC(=O)C1(CN)CCCOC1. The Morgan fingerprint density at radius 3 is 2.60 bits per heavy atom. The molecule has 1 aliphatic heterocycles. The summed E-state index contributed by atoms with van der Waals surface area (Å²) in [5.41, 5.74) is 4.60. The van der Waals surface area contributed by atoms with Gasteiger partial charge in [-0.1, -0.05) is 0 Å². The third kappa shape index (κ3) is 3.18. The van der Waals surface area contributed by atoms with Crippen molar-refractivity contribution in [3.05, 3.63) is 0 Å². The summed E-state index contributed by atoms with van der Waals surface area (Å²) in [5.74, 6) is -0.225. The highest BCUT2D eigenvalue weighted by Gasteiger charge is 2.42. The Morgan fingerprint density at radius 1 is 1.53 bits per heavy atom. The van der Waals surface area contributed by atoms with Gasteiger partial charge in [0.1, 0.15) is 11.0 Å². The maximum Gasteiger partial charge on any atom is 0.316 e. The molecule has 0 bridgehead atoms. The highest BCUT2D eigenvalue weighted by molar-refractivity contribution is 5.77. The fraction of sp³-hybridized carbons (Fsp3) is 0.909. The summed E-state index contributed by atoms with van der Waals surface area (Å²) >= 11 is 0. The van der Waals surface area contributed by atoms with Gasteiger partial charge in [-0.05, 0) is 33.6 Å². The van der Waals surface area contributed by atoms with Crippen LogP contribution in [0.15, 0.2) is 0 Å². The zero-order chi connectivity index (χ0) is 11.5. The van der Waals surface area contributed by atoms with Crippen molar-refractivity contribution in [2.75, 3.05) is 19.8 Å². The molecular weight excluding hydrogens is 194 g/mol. The van der Waals surface area contributed by atoms with Gasteiger partial charge in [0, 0.05) is 13.2 Å². The average Bonchev–Trinajstić information content (AvgIpc) is 2.16. The number of hydrogen-bond donors (Lipinski definition) is 1. The highest BCUT2D eigenvalue weighted by atomic mass is 16.6. The molecule has 0 aromatic rings. The first-order valence-corrected chi connectivity index (χ1v) is 5.41. The molecule has 88 valence electrons. The van der Waals surface area contributed by atoms with Crippen LogP contribution in [0.3, 0.4) is 0 Å². The first-order chi connectivity index (χ1) is 6.90. The van der Waals surface area contributed by atoms with Crippen molar-refractivity contribution in [3.63, 3.8) is 0 Å². The van der Waals surface area contributed by atoms with Gasteiger partial charge in [0.2, 0.25) is 0 Å². The van der Waals surface area contributed by atoms with Gasteiger partial charge in [0.15, 0.2) is 0 Å². The minimum Gasteiger partial charge on any atom is -0.459 e. The zero-order valence-electron chi connectivity index (χ0n) is 9.84. The van der Waals surface area contributed by atoms with E-state index in [1.807, 2.05) is 20.8 Å². The van der Waals surface area contributed by atoms with Gasteiger partial charge in [-0.25, -0.2) is 0 Å². The fourth-order valence-electron chi connectivity index (χ4n) is 1.64. The summed E-state index contributed by atoms with van der Waals surface area (Å²) in [6, 6.07) is 0. The summed E-state index contributed by atoms with van der Waals surface area (Å²) < 4.78 is 10.7. The van der Waals surface area contributed by atoms with Crippen molar-refractivity contribution < 1.29 is 14.3 Å². The predicted octanol–water partition coefficient (Wildman–Crippen LogP) is 1.08. The molecule has 0 radical (unpaired) electrons. The highest BCUT2D eigenvalue weighted by Crippen LogP contribution is 2.30. The van der Waals surface area contributed by atoms with Crippen LogP contribution in [0.2, 0.25) is 0 Å². The van der Waals surface area contributed by atoms with Crippen LogP contribution in [0.5, 0.6) is 0 Å². The molecule has 0 aromatic heterocycles. The average molecular weight is 215 g/mol. The van der Waals surface area contributed by atoms with Gasteiger partial charge in [-0.15, -0.1) is 0 Å². The lowest BCUT2D eigenvalue weighted by atomic mass is 9.82. The summed E-state index contributed by atoms with van der Waals surface area (Å²) in [4.78, 5) is 12.0. The number of carbonyl (C=O) groups excluding carboxylic acids is 1. The van der Waals surface area contributed by atoms with Crippen LogP contribution < -0.4 is 5.73 Å². The van der Waals surface area contributed by atoms with Crippen molar-refractivity contribution in [2.45, 2.75) is 39.2 Å². The standard InChI is InChI=1S/C11H21NO3/c1-10(2,3)15-9(13)11(7-12)5-4-6-14-8-11/h4-8,12H2,1-3H3. The quantitative estimate of drug-likeness (QED) is 0.700. The van der Waals surface area contributed by atoms with Crippen LogP contribution in [0, 0.1) is 5.41 Å². The van der Waals surface area contributed by atoms with E-state index in [2.05, 4.69) is 0 Å².